The Morgan fingerprint density at radius 1 is 1.50 bits per heavy atom. The second-order valence-electron chi connectivity index (χ2n) is 4.66. The minimum absolute atomic E-state index is 0.529. The van der Waals surface area contributed by atoms with Crippen LogP contribution in [-0.4, -0.2) is 55.8 Å². The monoisotopic (exact) mass is 269 g/mol. The summed E-state index contributed by atoms with van der Waals surface area (Å²) in [7, 11) is 1.75. The van der Waals surface area contributed by atoms with E-state index in [1.165, 1.54) is 0 Å². The third-order valence-corrected chi connectivity index (χ3v) is 3.63. The zero-order valence-electron chi connectivity index (χ0n) is 11.0. The molecule has 1 saturated heterocycles. The number of hydrogen-bond donors (Lipinski definition) is 0. The third kappa shape index (κ3) is 3.34. The molecule has 1 atom stereocenters. The van der Waals surface area contributed by atoms with Crippen LogP contribution in [-0.2, 0) is 4.74 Å². The van der Waals surface area contributed by atoms with Crippen LogP contribution in [0.15, 0.2) is 18.3 Å². The second-order valence-corrected chi connectivity index (χ2v) is 5.05. The fourth-order valence-corrected chi connectivity index (χ4v) is 2.53. The van der Waals surface area contributed by atoms with Crippen LogP contribution < -0.4 is 4.90 Å². The molecule has 5 heteroatoms. The van der Waals surface area contributed by atoms with Crippen LogP contribution >= 0.6 is 11.6 Å². The van der Waals surface area contributed by atoms with Gasteiger partial charge in [-0.2, -0.15) is 0 Å². The van der Waals surface area contributed by atoms with Crippen molar-refractivity contribution in [3.05, 3.63) is 23.5 Å². The Morgan fingerprint density at radius 2 is 2.33 bits per heavy atom. The lowest BCUT2D eigenvalue weighted by Gasteiger charge is -2.40. The van der Waals surface area contributed by atoms with E-state index in [-0.39, 0.29) is 0 Å². The van der Waals surface area contributed by atoms with E-state index in [0.717, 1.165) is 38.5 Å². The fraction of sp³-hybridized carbons (Fsp3) is 0.615. The van der Waals surface area contributed by atoms with Crippen LogP contribution in [0.5, 0.6) is 0 Å². The quantitative estimate of drug-likeness (QED) is 0.781. The molecule has 1 aliphatic rings. The normalized spacial score (nSPS) is 21.3. The number of anilines is 1. The van der Waals surface area contributed by atoms with Crippen LogP contribution in [0.3, 0.4) is 0 Å². The number of aromatic nitrogens is 1. The zero-order valence-corrected chi connectivity index (χ0v) is 11.7. The summed E-state index contributed by atoms with van der Waals surface area (Å²) >= 11 is 5.93. The molecule has 2 rings (SSSR count). The molecule has 100 valence electrons. The van der Waals surface area contributed by atoms with Gasteiger partial charge in [-0.1, -0.05) is 11.6 Å². The number of piperazine rings is 1. The van der Waals surface area contributed by atoms with Crippen molar-refractivity contribution in [2.75, 3.05) is 44.8 Å². The van der Waals surface area contributed by atoms with Gasteiger partial charge in [-0.15, -0.1) is 0 Å². The van der Waals surface area contributed by atoms with E-state index in [0.29, 0.717) is 11.2 Å². The van der Waals surface area contributed by atoms with E-state index < -0.39 is 0 Å². The van der Waals surface area contributed by atoms with Gasteiger partial charge in [0.15, 0.2) is 0 Å². The molecule has 0 amide bonds. The maximum Gasteiger partial charge on any atom is 0.131 e. The molecule has 0 aromatic carbocycles. The van der Waals surface area contributed by atoms with Gasteiger partial charge in [0.1, 0.15) is 5.15 Å². The van der Waals surface area contributed by atoms with E-state index in [1.807, 2.05) is 12.1 Å². The smallest absolute Gasteiger partial charge is 0.131 e. The standard InChI is InChI=1S/C13H20ClN3O/c1-11-10-17(6-5-16(11)7-8-18-2)12-3-4-15-13(14)9-12/h3-4,9,11H,5-8,10H2,1-2H3. The Hall–Kier alpha value is -0.840. The SMILES string of the molecule is COCCN1CCN(c2ccnc(Cl)c2)CC1C. The van der Waals surface area contributed by atoms with Crippen molar-refractivity contribution in [3.8, 4) is 0 Å². The third-order valence-electron chi connectivity index (χ3n) is 3.42. The number of methoxy groups -OCH3 is 1. The van der Waals surface area contributed by atoms with E-state index in [1.54, 1.807) is 13.3 Å². The van der Waals surface area contributed by atoms with Gasteiger partial charge in [0.2, 0.25) is 0 Å². The van der Waals surface area contributed by atoms with Crippen molar-refractivity contribution in [2.45, 2.75) is 13.0 Å². The molecule has 1 aromatic heterocycles. The number of pyridine rings is 1. The summed E-state index contributed by atoms with van der Waals surface area (Å²) in [6, 6.07) is 4.48. The second kappa shape index (κ2) is 6.36. The van der Waals surface area contributed by atoms with Crippen molar-refractivity contribution in [1.29, 1.82) is 0 Å². The van der Waals surface area contributed by atoms with Gasteiger partial charge in [0.25, 0.3) is 0 Å². The van der Waals surface area contributed by atoms with Gasteiger partial charge in [-0.05, 0) is 19.1 Å². The molecule has 0 bridgehead atoms. The van der Waals surface area contributed by atoms with Crippen molar-refractivity contribution in [1.82, 2.24) is 9.88 Å². The Bertz CT molecular complexity index is 388. The molecule has 2 heterocycles. The molecule has 1 aliphatic heterocycles. The summed E-state index contributed by atoms with van der Waals surface area (Å²) in [6.07, 6.45) is 1.76. The molecule has 0 aliphatic carbocycles. The number of ether oxygens (including phenoxy) is 1. The molecule has 0 radical (unpaired) electrons. The number of hydrogen-bond acceptors (Lipinski definition) is 4. The zero-order chi connectivity index (χ0) is 13.0. The lowest BCUT2D eigenvalue weighted by molar-refractivity contribution is 0.117. The van der Waals surface area contributed by atoms with E-state index in [4.69, 9.17) is 16.3 Å². The summed E-state index contributed by atoms with van der Waals surface area (Å²) in [5.74, 6) is 0. The summed E-state index contributed by atoms with van der Waals surface area (Å²) in [5.41, 5.74) is 1.16. The largest absolute Gasteiger partial charge is 0.383 e. The number of nitrogens with zero attached hydrogens (tertiary/aromatic N) is 3. The Labute approximate surface area is 114 Å². The molecule has 0 saturated carbocycles. The van der Waals surface area contributed by atoms with Crippen LogP contribution in [0.1, 0.15) is 6.92 Å². The van der Waals surface area contributed by atoms with Gasteiger partial charge < -0.3 is 9.64 Å². The van der Waals surface area contributed by atoms with Gasteiger partial charge in [0.05, 0.1) is 6.61 Å². The Kier molecular flexibility index (Phi) is 4.80. The molecule has 4 nitrogen and oxygen atoms in total. The first-order chi connectivity index (χ1) is 8.70. The van der Waals surface area contributed by atoms with Crippen molar-refractivity contribution in [3.63, 3.8) is 0 Å². The average Bonchev–Trinajstić information content (AvgIpc) is 2.37. The average molecular weight is 270 g/mol. The number of rotatable bonds is 4. The molecule has 1 aromatic rings. The Morgan fingerprint density at radius 3 is 3.00 bits per heavy atom. The summed E-state index contributed by atoms with van der Waals surface area (Å²) in [4.78, 5) is 8.84. The van der Waals surface area contributed by atoms with Crippen molar-refractivity contribution in [2.24, 2.45) is 0 Å². The van der Waals surface area contributed by atoms with Gasteiger partial charge in [-0.3, -0.25) is 4.90 Å². The van der Waals surface area contributed by atoms with E-state index in [9.17, 15) is 0 Å². The molecule has 0 spiro atoms. The predicted octanol–water partition coefficient (Wildman–Crippen LogP) is 1.89. The molecular formula is C13H20ClN3O. The topological polar surface area (TPSA) is 28.6 Å². The summed E-state index contributed by atoms with van der Waals surface area (Å²) in [5, 5.41) is 0.557. The highest BCUT2D eigenvalue weighted by Crippen LogP contribution is 2.20. The van der Waals surface area contributed by atoms with Gasteiger partial charge >= 0.3 is 0 Å². The minimum atomic E-state index is 0.529. The van der Waals surface area contributed by atoms with Gasteiger partial charge in [0, 0.05) is 51.2 Å². The Balaban J connectivity index is 1.95. The minimum Gasteiger partial charge on any atom is -0.383 e. The highest BCUT2D eigenvalue weighted by molar-refractivity contribution is 6.29. The number of halogens is 1. The highest BCUT2D eigenvalue weighted by atomic mass is 35.5. The van der Waals surface area contributed by atoms with Crippen LogP contribution in [0.2, 0.25) is 5.15 Å². The molecule has 0 N–H and O–H groups in total. The van der Waals surface area contributed by atoms with Crippen LogP contribution in [0.25, 0.3) is 0 Å². The molecular weight excluding hydrogens is 250 g/mol. The van der Waals surface area contributed by atoms with Crippen molar-refractivity contribution < 1.29 is 4.74 Å². The van der Waals surface area contributed by atoms with E-state index >= 15 is 0 Å². The molecule has 18 heavy (non-hydrogen) atoms. The predicted molar refractivity (Wildman–Crippen MR) is 74.4 cm³/mol. The van der Waals surface area contributed by atoms with Crippen molar-refractivity contribution >= 4 is 17.3 Å². The lowest BCUT2D eigenvalue weighted by atomic mass is 10.1. The maximum atomic E-state index is 5.93. The highest BCUT2D eigenvalue weighted by Gasteiger charge is 2.23. The molecule has 1 unspecified atom stereocenters. The lowest BCUT2D eigenvalue weighted by Crippen LogP contribution is -2.52. The molecule has 1 fully saturated rings. The van der Waals surface area contributed by atoms with Crippen LogP contribution in [0.4, 0.5) is 5.69 Å². The van der Waals surface area contributed by atoms with E-state index in [2.05, 4.69) is 21.7 Å². The summed E-state index contributed by atoms with van der Waals surface area (Å²) in [6.45, 7) is 7.15. The maximum absolute atomic E-state index is 5.93. The fourth-order valence-electron chi connectivity index (χ4n) is 2.36. The first kappa shape index (κ1) is 13.6. The first-order valence-corrected chi connectivity index (χ1v) is 6.68. The van der Waals surface area contributed by atoms with Gasteiger partial charge in [-0.25, -0.2) is 4.98 Å². The van der Waals surface area contributed by atoms with Crippen LogP contribution in [0, 0.1) is 0 Å². The first-order valence-electron chi connectivity index (χ1n) is 6.30. The summed E-state index contributed by atoms with van der Waals surface area (Å²) < 4.78 is 5.14.